The molecule has 0 aromatic heterocycles. The first-order valence-corrected chi connectivity index (χ1v) is 5.38. The summed E-state index contributed by atoms with van der Waals surface area (Å²) in [6, 6.07) is 0. The number of ether oxygens (including phenoxy) is 3. The van der Waals surface area contributed by atoms with Gasteiger partial charge >= 0.3 is 0 Å². The Morgan fingerprint density at radius 1 is 1.31 bits per heavy atom. The summed E-state index contributed by atoms with van der Waals surface area (Å²) in [4.78, 5) is 0. The van der Waals surface area contributed by atoms with Gasteiger partial charge in [0, 0.05) is 13.7 Å². The van der Waals surface area contributed by atoms with Crippen LogP contribution in [0.15, 0.2) is 36.1 Å². The first-order valence-electron chi connectivity index (χ1n) is 5.38. The highest BCUT2D eigenvalue weighted by Crippen LogP contribution is 2.04. The van der Waals surface area contributed by atoms with Gasteiger partial charge in [0.1, 0.15) is 12.4 Å². The minimum atomic E-state index is -0.333. The van der Waals surface area contributed by atoms with Gasteiger partial charge < -0.3 is 14.2 Å². The predicted molar refractivity (Wildman–Crippen MR) is 66.1 cm³/mol. The molecule has 1 unspecified atom stereocenters. The molecule has 3 heteroatoms. The van der Waals surface area contributed by atoms with E-state index < -0.39 is 0 Å². The Balaban J connectivity index is 4.18. The zero-order chi connectivity index (χ0) is 12.4. The molecule has 0 aromatic carbocycles. The van der Waals surface area contributed by atoms with Gasteiger partial charge in [-0.2, -0.15) is 0 Å². The highest BCUT2D eigenvalue weighted by Gasteiger charge is 2.06. The van der Waals surface area contributed by atoms with Gasteiger partial charge in [-0.15, -0.1) is 0 Å². The second-order valence-corrected chi connectivity index (χ2v) is 3.45. The van der Waals surface area contributed by atoms with Crippen LogP contribution in [0.1, 0.15) is 20.8 Å². The van der Waals surface area contributed by atoms with Crippen molar-refractivity contribution in [3.63, 3.8) is 0 Å². The summed E-state index contributed by atoms with van der Waals surface area (Å²) in [6.45, 7) is 10.6. The summed E-state index contributed by atoms with van der Waals surface area (Å²) >= 11 is 0. The van der Waals surface area contributed by atoms with Crippen molar-refractivity contribution in [2.45, 2.75) is 27.1 Å². The summed E-state index contributed by atoms with van der Waals surface area (Å²) in [7, 11) is 1.59. The van der Waals surface area contributed by atoms with E-state index in [2.05, 4.69) is 6.58 Å². The Kier molecular flexibility index (Phi) is 8.58. The normalized spacial score (nSPS) is 13.1. The van der Waals surface area contributed by atoms with E-state index in [1.54, 1.807) is 13.2 Å². The number of hydrogen-bond donors (Lipinski definition) is 0. The Morgan fingerprint density at radius 2 is 2.00 bits per heavy atom. The lowest BCUT2D eigenvalue weighted by atomic mass is 10.3. The molecule has 0 aliphatic carbocycles. The SMILES string of the molecule is C=C/C(=C\C=C(C)C)OCC(OC)OCC. The summed E-state index contributed by atoms with van der Waals surface area (Å²) < 4.78 is 15.9. The summed E-state index contributed by atoms with van der Waals surface area (Å²) in [5.74, 6) is 0.711. The molecule has 0 aliphatic heterocycles. The van der Waals surface area contributed by atoms with Crippen molar-refractivity contribution in [2.75, 3.05) is 20.3 Å². The van der Waals surface area contributed by atoms with E-state index in [0.717, 1.165) is 0 Å². The third-order valence-corrected chi connectivity index (χ3v) is 1.78. The van der Waals surface area contributed by atoms with Crippen LogP contribution < -0.4 is 0 Å². The Hall–Kier alpha value is -1.06. The van der Waals surface area contributed by atoms with Crippen LogP contribution in [0.2, 0.25) is 0 Å². The molecular weight excluding hydrogens is 204 g/mol. The second-order valence-electron chi connectivity index (χ2n) is 3.45. The summed E-state index contributed by atoms with van der Waals surface area (Å²) in [5.41, 5.74) is 1.20. The van der Waals surface area contributed by atoms with Crippen LogP contribution in [0.5, 0.6) is 0 Å². The number of hydrogen-bond acceptors (Lipinski definition) is 3. The van der Waals surface area contributed by atoms with Crippen LogP contribution in [-0.2, 0) is 14.2 Å². The van der Waals surface area contributed by atoms with Gasteiger partial charge in [0.05, 0.1) is 0 Å². The van der Waals surface area contributed by atoms with Gasteiger partial charge in [0.2, 0.25) is 0 Å². The minimum absolute atomic E-state index is 0.333. The van der Waals surface area contributed by atoms with E-state index in [4.69, 9.17) is 14.2 Å². The molecule has 1 atom stereocenters. The van der Waals surface area contributed by atoms with E-state index in [-0.39, 0.29) is 6.29 Å². The lowest BCUT2D eigenvalue weighted by Gasteiger charge is -2.16. The van der Waals surface area contributed by atoms with Crippen molar-refractivity contribution < 1.29 is 14.2 Å². The molecule has 0 aliphatic rings. The van der Waals surface area contributed by atoms with Gasteiger partial charge in [-0.05, 0) is 32.9 Å². The summed E-state index contributed by atoms with van der Waals surface area (Å²) in [5, 5.41) is 0. The molecule has 92 valence electrons. The van der Waals surface area contributed by atoms with Gasteiger partial charge in [-0.1, -0.05) is 18.2 Å². The highest BCUT2D eigenvalue weighted by molar-refractivity contribution is 5.18. The molecule has 0 N–H and O–H groups in total. The van der Waals surface area contributed by atoms with E-state index in [1.807, 2.05) is 32.9 Å². The maximum atomic E-state index is 5.50. The second kappa shape index (κ2) is 9.19. The smallest absolute Gasteiger partial charge is 0.191 e. The fraction of sp³-hybridized carbons (Fsp3) is 0.538. The van der Waals surface area contributed by atoms with Crippen molar-refractivity contribution in [1.82, 2.24) is 0 Å². The average Bonchev–Trinajstić information content (AvgIpc) is 2.27. The molecule has 3 nitrogen and oxygen atoms in total. The van der Waals surface area contributed by atoms with Gasteiger partial charge in [-0.25, -0.2) is 0 Å². The number of rotatable bonds is 8. The van der Waals surface area contributed by atoms with Crippen molar-refractivity contribution >= 4 is 0 Å². The molecule has 0 spiro atoms. The molecule has 0 radical (unpaired) electrons. The molecule has 0 amide bonds. The molecule has 0 heterocycles. The lowest BCUT2D eigenvalue weighted by Crippen LogP contribution is -2.21. The van der Waals surface area contributed by atoms with Crippen molar-refractivity contribution in [2.24, 2.45) is 0 Å². The van der Waals surface area contributed by atoms with Crippen molar-refractivity contribution in [3.05, 3.63) is 36.1 Å². The van der Waals surface area contributed by atoms with Crippen LogP contribution in [0.25, 0.3) is 0 Å². The monoisotopic (exact) mass is 226 g/mol. The van der Waals surface area contributed by atoms with Gasteiger partial charge in [0.15, 0.2) is 6.29 Å². The molecule has 0 rings (SSSR count). The van der Waals surface area contributed by atoms with Crippen LogP contribution in [0.4, 0.5) is 0 Å². The zero-order valence-electron chi connectivity index (χ0n) is 10.7. The molecule has 0 bridgehead atoms. The Bertz CT molecular complexity index is 250. The van der Waals surface area contributed by atoms with E-state index in [9.17, 15) is 0 Å². The molecule has 0 fully saturated rings. The lowest BCUT2D eigenvalue weighted by molar-refractivity contribution is -0.145. The van der Waals surface area contributed by atoms with E-state index in [1.165, 1.54) is 5.57 Å². The molecular formula is C13H22O3. The maximum absolute atomic E-state index is 5.50. The molecule has 16 heavy (non-hydrogen) atoms. The van der Waals surface area contributed by atoms with Gasteiger partial charge in [-0.3, -0.25) is 0 Å². The van der Waals surface area contributed by atoms with E-state index in [0.29, 0.717) is 19.0 Å². The Labute approximate surface area is 98.4 Å². The first kappa shape index (κ1) is 14.9. The molecule has 0 saturated carbocycles. The fourth-order valence-corrected chi connectivity index (χ4v) is 0.958. The number of allylic oxidation sites excluding steroid dienone is 4. The fourth-order valence-electron chi connectivity index (χ4n) is 0.958. The molecule has 0 aromatic rings. The van der Waals surface area contributed by atoms with Crippen LogP contribution in [0, 0.1) is 0 Å². The van der Waals surface area contributed by atoms with E-state index >= 15 is 0 Å². The Morgan fingerprint density at radius 3 is 2.44 bits per heavy atom. The largest absolute Gasteiger partial charge is 0.488 e. The van der Waals surface area contributed by atoms with Crippen molar-refractivity contribution in [3.8, 4) is 0 Å². The van der Waals surface area contributed by atoms with Gasteiger partial charge in [0.25, 0.3) is 0 Å². The van der Waals surface area contributed by atoms with Crippen LogP contribution in [0.3, 0.4) is 0 Å². The maximum Gasteiger partial charge on any atom is 0.191 e. The quantitative estimate of drug-likeness (QED) is 0.362. The van der Waals surface area contributed by atoms with Crippen LogP contribution in [-0.4, -0.2) is 26.6 Å². The van der Waals surface area contributed by atoms with Crippen LogP contribution >= 0.6 is 0 Å². The topological polar surface area (TPSA) is 27.7 Å². The predicted octanol–water partition coefficient (Wildman–Crippen LogP) is 3.05. The standard InChI is InChI=1S/C13H22O3/c1-6-12(9-8-11(3)4)16-10-13(14-5)15-7-2/h6,8-9,13H,1,7,10H2,2-5H3/b12-9+. The third-order valence-electron chi connectivity index (χ3n) is 1.78. The first-order chi connectivity index (χ1) is 7.63. The summed E-state index contributed by atoms with van der Waals surface area (Å²) in [6.07, 6.45) is 5.18. The van der Waals surface area contributed by atoms with Crippen molar-refractivity contribution in [1.29, 1.82) is 0 Å². The molecule has 0 saturated heterocycles. The third kappa shape index (κ3) is 7.26. The average molecular weight is 226 g/mol. The highest BCUT2D eigenvalue weighted by atomic mass is 16.7. The minimum Gasteiger partial charge on any atom is -0.488 e. The number of methoxy groups -OCH3 is 1. The zero-order valence-corrected chi connectivity index (χ0v) is 10.7.